The zero-order valence-electron chi connectivity index (χ0n) is 16.8. The highest BCUT2D eigenvalue weighted by Gasteiger charge is 2.26. The largest absolute Gasteiger partial charge is 0.244 e. The molecule has 1 atom stereocenters. The Balaban J connectivity index is 1.96. The third-order valence-electron chi connectivity index (χ3n) is 4.68. The molecule has 0 aliphatic carbocycles. The lowest BCUT2D eigenvalue weighted by atomic mass is 10.1. The number of aryl methyl sites for hydroxylation is 2. The van der Waals surface area contributed by atoms with Gasteiger partial charge >= 0.3 is 0 Å². The number of benzene rings is 1. The molecule has 3 rings (SSSR count). The quantitative estimate of drug-likeness (QED) is 0.687. The summed E-state index contributed by atoms with van der Waals surface area (Å²) in [6.07, 6.45) is 0.706. The summed E-state index contributed by atoms with van der Waals surface area (Å²) in [6, 6.07) is 11.5. The summed E-state index contributed by atoms with van der Waals surface area (Å²) in [7, 11) is -3.66. The Bertz CT molecular complexity index is 1070. The molecule has 0 saturated heterocycles. The molecule has 0 bridgehead atoms. The summed E-state index contributed by atoms with van der Waals surface area (Å²) in [4.78, 5) is 0.192. The van der Waals surface area contributed by atoms with Crippen LogP contribution in [-0.4, -0.2) is 34.4 Å². The smallest absolute Gasteiger partial charge is 0.216 e. The van der Waals surface area contributed by atoms with E-state index in [1.807, 2.05) is 51.1 Å². The van der Waals surface area contributed by atoms with Gasteiger partial charge in [0, 0.05) is 11.6 Å². The Morgan fingerprint density at radius 1 is 1.04 bits per heavy atom. The monoisotopic (exact) mass is 399 g/mol. The molecule has 0 aliphatic heterocycles. The lowest BCUT2D eigenvalue weighted by Crippen LogP contribution is -2.32. The summed E-state index contributed by atoms with van der Waals surface area (Å²) in [5.74, 6) is 0.474. The van der Waals surface area contributed by atoms with Gasteiger partial charge in [-0.2, -0.15) is 5.10 Å². The summed E-state index contributed by atoms with van der Waals surface area (Å²) in [5, 5.41) is 12.9. The summed E-state index contributed by atoms with van der Waals surface area (Å²) in [5.41, 5.74) is 3.83. The molecule has 0 fully saturated rings. The van der Waals surface area contributed by atoms with Crippen LogP contribution in [0, 0.1) is 20.8 Å². The molecule has 7 nitrogen and oxygen atoms in total. The molecule has 1 aromatic carbocycles. The fourth-order valence-electron chi connectivity index (χ4n) is 2.96. The molecule has 0 saturated carbocycles. The Kier molecular flexibility index (Phi) is 5.62. The second-order valence-electron chi connectivity index (χ2n) is 6.99. The van der Waals surface area contributed by atoms with Gasteiger partial charge in [-0.15, -0.1) is 10.2 Å². The van der Waals surface area contributed by atoms with Crippen molar-refractivity contribution < 1.29 is 8.42 Å². The molecule has 0 unspecified atom stereocenters. The van der Waals surface area contributed by atoms with Crippen molar-refractivity contribution in [1.29, 1.82) is 0 Å². The summed E-state index contributed by atoms with van der Waals surface area (Å²) in [6.45, 7) is 9.20. The average Bonchev–Trinajstić information content (AvgIpc) is 2.97. The highest BCUT2D eigenvalue weighted by Crippen LogP contribution is 2.23. The first-order valence-corrected chi connectivity index (χ1v) is 10.7. The second kappa shape index (κ2) is 7.81. The third kappa shape index (κ3) is 3.98. The van der Waals surface area contributed by atoms with E-state index in [0.717, 1.165) is 11.3 Å². The zero-order chi connectivity index (χ0) is 20.5. The molecule has 0 radical (unpaired) electrons. The molecule has 2 heterocycles. The standard InChI is InChI=1S/C20H25N5O2S/c1-6-14(3)24-28(26,27)20-15(4)23-25(16(20)5)19-12-11-18(21-22-19)17-9-7-13(2)8-10-17/h7-12,14,24H,6H2,1-5H3/t14-/m0/s1. The van der Waals surface area contributed by atoms with E-state index in [1.54, 1.807) is 19.9 Å². The van der Waals surface area contributed by atoms with Crippen molar-refractivity contribution in [3.8, 4) is 17.1 Å². The van der Waals surface area contributed by atoms with Crippen LogP contribution < -0.4 is 4.72 Å². The maximum atomic E-state index is 12.8. The lowest BCUT2D eigenvalue weighted by molar-refractivity contribution is 0.554. The summed E-state index contributed by atoms with van der Waals surface area (Å²) < 4.78 is 29.7. The molecule has 148 valence electrons. The predicted octanol–water partition coefficient (Wildman–Crippen LogP) is 3.33. The minimum absolute atomic E-state index is 0.152. The van der Waals surface area contributed by atoms with Gasteiger partial charge in [-0.25, -0.2) is 17.8 Å². The van der Waals surface area contributed by atoms with Crippen LogP contribution in [0.4, 0.5) is 0 Å². The van der Waals surface area contributed by atoms with Gasteiger partial charge in [-0.1, -0.05) is 36.8 Å². The van der Waals surface area contributed by atoms with E-state index < -0.39 is 10.0 Å². The fraction of sp³-hybridized carbons (Fsp3) is 0.350. The normalized spacial score (nSPS) is 12.9. The molecule has 0 spiro atoms. The Morgan fingerprint density at radius 2 is 1.71 bits per heavy atom. The minimum atomic E-state index is -3.66. The van der Waals surface area contributed by atoms with E-state index in [0.29, 0.717) is 23.6 Å². The Morgan fingerprint density at radius 3 is 2.29 bits per heavy atom. The molecular weight excluding hydrogens is 374 g/mol. The molecular formula is C20H25N5O2S. The first kappa shape index (κ1) is 20.2. The molecule has 0 amide bonds. The van der Waals surface area contributed by atoms with Gasteiger partial charge in [-0.05, 0) is 46.2 Å². The van der Waals surface area contributed by atoms with Gasteiger partial charge < -0.3 is 0 Å². The Hall–Kier alpha value is -2.58. The number of nitrogens with zero attached hydrogens (tertiary/aromatic N) is 4. The zero-order valence-corrected chi connectivity index (χ0v) is 17.6. The van der Waals surface area contributed by atoms with E-state index in [-0.39, 0.29) is 10.9 Å². The minimum Gasteiger partial charge on any atom is -0.216 e. The van der Waals surface area contributed by atoms with E-state index >= 15 is 0 Å². The van der Waals surface area contributed by atoms with Crippen LogP contribution in [0.2, 0.25) is 0 Å². The number of hydrogen-bond donors (Lipinski definition) is 1. The van der Waals surface area contributed by atoms with E-state index in [4.69, 9.17) is 0 Å². The van der Waals surface area contributed by atoms with E-state index in [2.05, 4.69) is 20.0 Å². The predicted molar refractivity (Wildman–Crippen MR) is 109 cm³/mol. The topological polar surface area (TPSA) is 89.8 Å². The highest BCUT2D eigenvalue weighted by atomic mass is 32.2. The van der Waals surface area contributed by atoms with Crippen LogP contribution in [0.15, 0.2) is 41.3 Å². The van der Waals surface area contributed by atoms with Crippen molar-refractivity contribution in [2.24, 2.45) is 0 Å². The van der Waals surface area contributed by atoms with Gasteiger partial charge in [0.15, 0.2) is 5.82 Å². The summed E-state index contributed by atoms with van der Waals surface area (Å²) >= 11 is 0. The first-order chi connectivity index (χ1) is 13.2. The van der Waals surface area contributed by atoms with Crippen LogP contribution in [-0.2, 0) is 10.0 Å². The third-order valence-corrected chi connectivity index (χ3v) is 6.52. The van der Waals surface area contributed by atoms with Crippen LogP contribution in [0.3, 0.4) is 0 Å². The molecule has 8 heteroatoms. The maximum Gasteiger partial charge on any atom is 0.244 e. The Labute approximate surface area is 165 Å². The lowest BCUT2D eigenvalue weighted by Gasteiger charge is -2.12. The molecule has 28 heavy (non-hydrogen) atoms. The average molecular weight is 400 g/mol. The van der Waals surface area contributed by atoms with Crippen LogP contribution in [0.1, 0.15) is 37.2 Å². The van der Waals surface area contributed by atoms with Crippen molar-refractivity contribution in [2.45, 2.75) is 52.0 Å². The number of aromatic nitrogens is 4. The number of sulfonamides is 1. The maximum absolute atomic E-state index is 12.8. The number of rotatable bonds is 6. The number of nitrogens with one attached hydrogen (secondary N) is 1. The van der Waals surface area contributed by atoms with E-state index in [1.165, 1.54) is 10.2 Å². The van der Waals surface area contributed by atoms with Crippen molar-refractivity contribution >= 4 is 10.0 Å². The van der Waals surface area contributed by atoms with Crippen molar-refractivity contribution in [1.82, 2.24) is 24.7 Å². The SMILES string of the molecule is CC[C@H](C)NS(=O)(=O)c1c(C)nn(-c2ccc(-c3ccc(C)cc3)nn2)c1C. The van der Waals surface area contributed by atoms with Gasteiger partial charge in [0.1, 0.15) is 4.90 Å². The van der Waals surface area contributed by atoms with Gasteiger partial charge in [0.05, 0.1) is 17.1 Å². The van der Waals surface area contributed by atoms with Gasteiger partial charge in [0.25, 0.3) is 0 Å². The van der Waals surface area contributed by atoms with Crippen molar-refractivity contribution in [3.63, 3.8) is 0 Å². The fourth-order valence-corrected chi connectivity index (χ4v) is 4.68. The molecule has 1 N–H and O–H groups in total. The van der Waals surface area contributed by atoms with Gasteiger partial charge in [0.2, 0.25) is 10.0 Å². The second-order valence-corrected chi connectivity index (χ2v) is 8.64. The van der Waals surface area contributed by atoms with Crippen molar-refractivity contribution in [3.05, 3.63) is 53.3 Å². The molecule has 0 aliphatic rings. The van der Waals surface area contributed by atoms with Gasteiger partial charge in [-0.3, -0.25) is 0 Å². The van der Waals surface area contributed by atoms with E-state index in [9.17, 15) is 8.42 Å². The van der Waals surface area contributed by atoms with Crippen LogP contribution >= 0.6 is 0 Å². The number of hydrogen-bond acceptors (Lipinski definition) is 5. The molecule has 2 aromatic heterocycles. The first-order valence-electron chi connectivity index (χ1n) is 9.22. The van der Waals surface area contributed by atoms with Crippen LogP contribution in [0.25, 0.3) is 17.1 Å². The van der Waals surface area contributed by atoms with Crippen LogP contribution in [0.5, 0.6) is 0 Å². The highest BCUT2D eigenvalue weighted by molar-refractivity contribution is 7.89. The molecule has 3 aromatic rings. The van der Waals surface area contributed by atoms with Crippen molar-refractivity contribution in [2.75, 3.05) is 0 Å².